The molecule has 1 fully saturated rings. The number of carbonyl (C=O) groups excluding carboxylic acids is 2. The fourth-order valence-electron chi connectivity index (χ4n) is 4.01. The van der Waals surface area contributed by atoms with Crippen LogP contribution in [0.15, 0.2) is 0 Å². The summed E-state index contributed by atoms with van der Waals surface area (Å²) in [5.74, 6) is 0.0291. The molecule has 0 bridgehead atoms. The number of hydrogen-bond donors (Lipinski definition) is 0. The number of esters is 2. The highest BCUT2D eigenvalue weighted by Crippen LogP contribution is 2.31. The summed E-state index contributed by atoms with van der Waals surface area (Å²) in [6.07, 6.45) is 16.8. The highest BCUT2D eigenvalue weighted by atomic mass is 16.5. The molecular weight excluding hydrogens is 364 g/mol. The highest BCUT2D eigenvalue weighted by molar-refractivity contribution is 5.76. The van der Waals surface area contributed by atoms with Crippen LogP contribution < -0.4 is 0 Å². The predicted molar refractivity (Wildman–Crippen MR) is 119 cm³/mol. The van der Waals surface area contributed by atoms with E-state index in [1.807, 2.05) is 0 Å². The molecule has 0 aliphatic heterocycles. The van der Waals surface area contributed by atoms with Gasteiger partial charge in [0.25, 0.3) is 0 Å². The van der Waals surface area contributed by atoms with Crippen LogP contribution in [0.3, 0.4) is 0 Å². The third-order valence-electron chi connectivity index (χ3n) is 6.02. The lowest BCUT2D eigenvalue weighted by Gasteiger charge is -2.26. The average Bonchev–Trinajstić information content (AvgIpc) is 2.71. The molecular formula is C25H46O4. The van der Waals surface area contributed by atoms with Crippen LogP contribution in [0.4, 0.5) is 0 Å². The Morgan fingerprint density at radius 2 is 1.24 bits per heavy atom. The molecule has 4 heteroatoms. The van der Waals surface area contributed by atoms with Crippen molar-refractivity contribution in [3.05, 3.63) is 0 Å². The van der Waals surface area contributed by atoms with Gasteiger partial charge in [0.15, 0.2) is 0 Å². The molecule has 0 aromatic carbocycles. The standard InChI is InChI=1S/C25H46O4/c1-4-5-6-7-8-9-10-11-12-13-18-28-24(26)22-15-14-16-23(20-22)25(27)29-19-17-21(2)3/h21-23H,4-20H2,1-3H3. The zero-order valence-corrected chi connectivity index (χ0v) is 19.4. The first-order valence-electron chi connectivity index (χ1n) is 12.4. The summed E-state index contributed by atoms with van der Waals surface area (Å²) in [4.78, 5) is 24.6. The Morgan fingerprint density at radius 3 is 1.76 bits per heavy atom. The van der Waals surface area contributed by atoms with Gasteiger partial charge in [-0.2, -0.15) is 0 Å². The van der Waals surface area contributed by atoms with Crippen LogP contribution in [0, 0.1) is 17.8 Å². The molecule has 2 unspecified atom stereocenters. The lowest BCUT2D eigenvalue weighted by molar-refractivity contribution is -0.155. The predicted octanol–water partition coefficient (Wildman–Crippen LogP) is 6.85. The van der Waals surface area contributed by atoms with Gasteiger partial charge in [0.05, 0.1) is 25.0 Å². The molecule has 2 atom stereocenters. The summed E-state index contributed by atoms with van der Waals surface area (Å²) >= 11 is 0. The fraction of sp³-hybridized carbons (Fsp3) is 0.920. The van der Waals surface area contributed by atoms with E-state index >= 15 is 0 Å². The first-order chi connectivity index (χ1) is 14.0. The van der Waals surface area contributed by atoms with Gasteiger partial charge in [-0.15, -0.1) is 0 Å². The summed E-state index contributed by atoms with van der Waals surface area (Å²) in [6, 6.07) is 0. The first kappa shape index (κ1) is 26.0. The van der Waals surface area contributed by atoms with Gasteiger partial charge in [-0.1, -0.05) is 85.0 Å². The normalized spacial score (nSPS) is 19.3. The van der Waals surface area contributed by atoms with Gasteiger partial charge < -0.3 is 9.47 Å². The van der Waals surface area contributed by atoms with Crippen LogP contribution in [0.1, 0.15) is 117 Å². The first-order valence-corrected chi connectivity index (χ1v) is 12.4. The van der Waals surface area contributed by atoms with E-state index in [1.54, 1.807) is 0 Å². The van der Waals surface area contributed by atoms with Crippen molar-refractivity contribution < 1.29 is 19.1 Å². The zero-order valence-electron chi connectivity index (χ0n) is 19.4. The SMILES string of the molecule is CCCCCCCCCCCCOC(=O)C1CCCC(C(=O)OCCC(C)C)C1. The largest absolute Gasteiger partial charge is 0.465 e. The van der Waals surface area contributed by atoms with E-state index in [1.165, 1.54) is 51.4 Å². The molecule has 4 nitrogen and oxygen atoms in total. The van der Waals surface area contributed by atoms with Gasteiger partial charge in [0.1, 0.15) is 0 Å². The lowest BCUT2D eigenvalue weighted by Crippen LogP contribution is -2.30. The van der Waals surface area contributed by atoms with Gasteiger partial charge >= 0.3 is 11.9 Å². The zero-order chi connectivity index (χ0) is 21.3. The van der Waals surface area contributed by atoms with Crippen molar-refractivity contribution >= 4 is 11.9 Å². The summed E-state index contributed by atoms with van der Waals surface area (Å²) < 4.78 is 10.9. The second-order valence-electron chi connectivity index (χ2n) is 9.26. The number of ether oxygens (including phenoxy) is 2. The average molecular weight is 411 g/mol. The quantitative estimate of drug-likeness (QED) is 0.206. The van der Waals surface area contributed by atoms with E-state index in [2.05, 4.69) is 20.8 Å². The van der Waals surface area contributed by atoms with E-state index in [0.717, 1.165) is 38.5 Å². The third kappa shape index (κ3) is 13.0. The lowest BCUT2D eigenvalue weighted by atomic mass is 9.81. The molecule has 1 aliphatic carbocycles. The van der Waals surface area contributed by atoms with E-state index in [9.17, 15) is 9.59 Å². The molecule has 29 heavy (non-hydrogen) atoms. The second-order valence-corrected chi connectivity index (χ2v) is 9.26. The van der Waals surface area contributed by atoms with Crippen molar-refractivity contribution in [1.82, 2.24) is 0 Å². The van der Waals surface area contributed by atoms with Crippen molar-refractivity contribution in [3.8, 4) is 0 Å². The summed E-state index contributed by atoms with van der Waals surface area (Å²) in [6.45, 7) is 7.50. The molecule has 0 aromatic heterocycles. The fourth-order valence-corrected chi connectivity index (χ4v) is 4.01. The Balaban J connectivity index is 2.06. The Bertz CT molecular complexity index is 433. The Hall–Kier alpha value is -1.06. The van der Waals surface area contributed by atoms with Gasteiger partial charge in [-0.05, 0) is 38.0 Å². The molecule has 1 saturated carbocycles. The van der Waals surface area contributed by atoms with Gasteiger partial charge in [0, 0.05) is 0 Å². The minimum absolute atomic E-state index is 0.111. The molecule has 0 aromatic rings. The minimum atomic E-state index is -0.134. The maximum absolute atomic E-state index is 12.4. The van der Waals surface area contributed by atoms with Crippen LogP contribution in [-0.4, -0.2) is 25.2 Å². The van der Waals surface area contributed by atoms with Crippen LogP contribution in [0.2, 0.25) is 0 Å². The molecule has 1 aliphatic rings. The summed E-state index contributed by atoms with van der Waals surface area (Å²) in [7, 11) is 0. The molecule has 1 rings (SSSR count). The van der Waals surface area contributed by atoms with E-state index in [-0.39, 0.29) is 23.8 Å². The molecule has 0 N–H and O–H groups in total. The van der Waals surface area contributed by atoms with E-state index in [0.29, 0.717) is 25.6 Å². The number of unbranched alkanes of at least 4 members (excludes halogenated alkanes) is 9. The van der Waals surface area contributed by atoms with E-state index < -0.39 is 0 Å². The Labute approximate surface area is 179 Å². The van der Waals surface area contributed by atoms with Crippen LogP contribution in [0.25, 0.3) is 0 Å². The molecule has 0 spiro atoms. The monoisotopic (exact) mass is 410 g/mol. The van der Waals surface area contributed by atoms with Gasteiger partial charge in [0.2, 0.25) is 0 Å². The molecule has 0 saturated heterocycles. The maximum atomic E-state index is 12.4. The molecule has 0 amide bonds. The maximum Gasteiger partial charge on any atom is 0.308 e. The van der Waals surface area contributed by atoms with Crippen LogP contribution in [0.5, 0.6) is 0 Å². The summed E-state index contributed by atoms with van der Waals surface area (Å²) in [5, 5.41) is 0. The van der Waals surface area contributed by atoms with Crippen LogP contribution in [-0.2, 0) is 19.1 Å². The van der Waals surface area contributed by atoms with E-state index in [4.69, 9.17) is 9.47 Å². The summed E-state index contributed by atoms with van der Waals surface area (Å²) in [5.41, 5.74) is 0. The van der Waals surface area contributed by atoms with Crippen molar-refractivity contribution in [2.75, 3.05) is 13.2 Å². The molecule has 170 valence electrons. The van der Waals surface area contributed by atoms with Crippen molar-refractivity contribution in [2.45, 2.75) is 117 Å². The van der Waals surface area contributed by atoms with Gasteiger partial charge in [-0.3, -0.25) is 9.59 Å². The Kier molecular flexibility index (Phi) is 15.0. The number of hydrogen-bond acceptors (Lipinski definition) is 4. The Morgan fingerprint density at radius 1 is 0.759 bits per heavy atom. The molecule has 0 radical (unpaired) electrons. The highest BCUT2D eigenvalue weighted by Gasteiger charge is 2.32. The second kappa shape index (κ2) is 16.7. The number of carbonyl (C=O) groups is 2. The third-order valence-corrected chi connectivity index (χ3v) is 6.02. The topological polar surface area (TPSA) is 52.6 Å². The van der Waals surface area contributed by atoms with Crippen molar-refractivity contribution in [1.29, 1.82) is 0 Å². The van der Waals surface area contributed by atoms with Crippen molar-refractivity contribution in [2.24, 2.45) is 17.8 Å². The smallest absolute Gasteiger partial charge is 0.308 e. The van der Waals surface area contributed by atoms with Crippen LogP contribution >= 0.6 is 0 Å². The molecule has 0 heterocycles. The number of rotatable bonds is 16. The van der Waals surface area contributed by atoms with Crippen molar-refractivity contribution in [3.63, 3.8) is 0 Å². The minimum Gasteiger partial charge on any atom is -0.465 e. The van der Waals surface area contributed by atoms with Gasteiger partial charge in [-0.25, -0.2) is 0 Å².